The molecule has 3 heterocycles. The Balaban J connectivity index is 0.00000210. The second-order valence-electron chi connectivity index (χ2n) is 6.88. The smallest absolute Gasteiger partial charge is 0.238 e. The standard InChI is InChI=1S/C21H23FN2O2.ClH/c1-14-15(2)24(12-16-5-7-17(22)8-6-16)20-19(14)9-10-23-21(20)26-13-18-4-3-11-25-18;/h5-10,18H,3-4,11-13H2,1-2H3;1H. The van der Waals surface area contributed by atoms with Gasteiger partial charge in [-0.15, -0.1) is 12.4 Å². The largest absolute Gasteiger partial charge is 0.473 e. The van der Waals surface area contributed by atoms with Crippen molar-refractivity contribution in [2.45, 2.75) is 39.3 Å². The van der Waals surface area contributed by atoms with E-state index in [4.69, 9.17) is 9.47 Å². The maximum absolute atomic E-state index is 13.2. The summed E-state index contributed by atoms with van der Waals surface area (Å²) in [6.45, 7) is 6.20. The Morgan fingerprint density at radius 1 is 1.22 bits per heavy atom. The lowest BCUT2D eigenvalue weighted by molar-refractivity contribution is 0.0668. The molecule has 27 heavy (non-hydrogen) atoms. The molecular weight excluding hydrogens is 367 g/mol. The third-order valence-electron chi connectivity index (χ3n) is 5.20. The van der Waals surface area contributed by atoms with Gasteiger partial charge in [-0.25, -0.2) is 9.37 Å². The van der Waals surface area contributed by atoms with E-state index < -0.39 is 0 Å². The summed E-state index contributed by atoms with van der Waals surface area (Å²) in [6.07, 6.45) is 4.06. The number of aromatic nitrogens is 2. The molecule has 1 atom stereocenters. The highest BCUT2D eigenvalue weighted by Gasteiger charge is 2.20. The van der Waals surface area contributed by atoms with E-state index in [0.717, 1.165) is 35.9 Å². The zero-order valence-corrected chi connectivity index (χ0v) is 16.4. The van der Waals surface area contributed by atoms with E-state index >= 15 is 0 Å². The molecule has 0 saturated carbocycles. The minimum Gasteiger partial charge on any atom is -0.473 e. The topological polar surface area (TPSA) is 36.3 Å². The van der Waals surface area contributed by atoms with Gasteiger partial charge in [0.15, 0.2) is 0 Å². The number of fused-ring (bicyclic) bond motifs is 1. The molecule has 0 bridgehead atoms. The second kappa shape index (κ2) is 8.28. The lowest BCUT2D eigenvalue weighted by Gasteiger charge is -2.14. The van der Waals surface area contributed by atoms with Crippen molar-refractivity contribution >= 4 is 23.3 Å². The summed E-state index contributed by atoms with van der Waals surface area (Å²) in [7, 11) is 0. The first-order chi connectivity index (χ1) is 12.6. The third kappa shape index (κ3) is 3.94. The molecule has 144 valence electrons. The first-order valence-corrected chi connectivity index (χ1v) is 9.06. The van der Waals surface area contributed by atoms with Gasteiger partial charge < -0.3 is 14.0 Å². The summed E-state index contributed by atoms with van der Waals surface area (Å²) in [5.41, 5.74) is 4.41. The van der Waals surface area contributed by atoms with Crippen molar-refractivity contribution in [2.24, 2.45) is 0 Å². The Morgan fingerprint density at radius 3 is 2.70 bits per heavy atom. The molecule has 1 saturated heterocycles. The number of nitrogens with zero attached hydrogens (tertiary/aromatic N) is 2. The molecule has 4 nitrogen and oxygen atoms in total. The van der Waals surface area contributed by atoms with Crippen LogP contribution in [0.2, 0.25) is 0 Å². The van der Waals surface area contributed by atoms with Crippen molar-refractivity contribution in [2.75, 3.05) is 13.2 Å². The van der Waals surface area contributed by atoms with Crippen LogP contribution in [-0.4, -0.2) is 28.9 Å². The van der Waals surface area contributed by atoms with Gasteiger partial charge in [-0.2, -0.15) is 0 Å². The number of rotatable bonds is 5. The van der Waals surface area contributed by atoms with Gasteiger partial charge in [-0.1, -0.05) is 12.1 Å². The van der Waals surface area contributed by atoms with Crippen LogP contribution in [-0.2, 0) is 11.3 Å². The van der Waals surface area contributed by atoms with Crippen LogP contribution < -0.4 is 4.74 Å². The van der Waals surface area contributed by atoms with E-state index in [9.17, 15) is 4.39 Å². The van der Waals surface area contributed by atoms with E-state index in [1.165, 1.54) is 23.4 Å². The number of halogens is 2. The lowest BCUT2D eigenvalue weighted by Crippen LogP contribution is -2.17. The number of hydrogen-bond acceptors (Lipinski definition) is 3. The highest BCUT2D eigenvalue weighted by Crippen LogP contribution is 2.32. The van der Waals surface area contributed by atoms with E-state index in [-0.39, 0.29) is 24.3 Å². The summed E-state index contributed by atoms with van der Waals surface area (Å²) in [5, 5.41) is 1.14. The Bertz CT molecular complexity index is 918. The third-order valence-corrected chi connectivity index (χ3v) is 5.20. The Morgan fingerprint density at radius 2 is 2.00 bits per heavy atom. The number of hydrogen-bond donors (Lipinski definition) is 0. The normalized spacial score (nSPS) is 16.5. The fourth-order valence-electron chi connectivity index (χ4n) is 3.59. The summed E-state index contributed by atoms with van der Waals surface area (Å²) in [6, 6.07) is 8.66. The maximum atomic E-state index is 13.2. The van der Waals surface area contributed by atoms with Gasteiger partial charge in [-0.3, -0.25) is 0 Å². The van der Waals surface area contributed by atoms with Crippen molar-refractivity contribution in [1.82, 2.24) is 9.55 Å². The summed E-state index contributed by atoms with van der Waals surface area (Å²) in [5.74, 6) is 0.414. The molecule has 2 aromatic heterocycles. The van der Waals surface area contributed by atoms with Crippen LogP contribution in [0.15, 0.2) is 36.5 Å². The minimum absolute atomic E-state index is 0. The van der Waals surface area contributed by atoms with Gasteiger partial charge in [0.25, 0.3) is 0 Å². The number of ether oxygens (including phenoxy) is 2. The van der Waals surface area contributed by atoms with Crippen LogP contribution in [0.25, 0.3) is 10.9 Å². The monoisotopic (exact) mass is 390 g/mol. The zero-order chi connectivity index (χ0) is 18.1. The van der Waals surface area contributed by atoms with Crippen molar-refractivity contribution in [3.05, 3.63) is 59.2 Å². The first-order valence-electron chi connectivity index (χ1n) is 9.06. The van der Waals surface area contributed by atoms with Gasteiger partial charge in [-0.05, 0) is 56.0 Å². The molecule has 1 aliphatic rings. The Kier molecular flexibility index (Phi) is 6.02. The van der Waals surface area contributed by atoms with E-state index in [0.29, 0.717) is 19.0 Å². The minimum atomic E-state index is -0.221. The molecule has 0 aliphatic carbocycles. The SMILES string of the molecule is Cc1c(C)n(Cc2ccc(F)cc2)c2c(OCC3CCCO3)nccc12.Cl. The molecule has 0 spiro atoms. The van der Waals surface area contributed by atoms with Crippen molar-refractivity contribution < 1.29 is 13.9 Å². The van der Waals surface area contributed by atoms with Gasteiger partial charge in [0, 0.05) is 30.4 Å². The fraction of sp³-hybridized carbons (Fsp3) is 0.381. The molecule has 1 aliphatic heterocycles. The Hall–Kier alpha value is -2.11. The van der Waals surface area contributed by atoms with E-state index in [1.807, 2.05) is 18.2 Å². The molecule has 1 unspecified atom stereocenters. The molecule has 1 fully saturated rings. The van der Waals surface area contributed by atoms with Crippen molar-refractivity contribution in [1.29, 1.82) is 0 Å². The highest BCUT2D eigenvalue weighted by molar-refractivity contribution is 5.89. The lowest BCUT2D eigenvalue weighted by atomic mass is 10.2. The molecule has 4 rings (SSSR count). The second-order valence-corrected chi connectivity index (χ2v) is 6.88. The predicted octanol–water partition coefficient (Wildman–Crippen LogP) is 4.82. The van der Waals surface area contributed by atoms with Crippen LogP contribution >= 0.6 is 12.4 Å². The van der Waals surface area contributed by atoms with Crippen molar-refractivity contribution in [3.8, 4) is 5.88 Å². The molecule has 3 aromatic rings. The maximum Gasteiger partial charge on any atom is 0.238 e. The van der Waals surface area contributed by atoms with Gasteiger partial charge in [0.2, 0.25) is 5.88 Å². The molecule has 0 N–H and O–H groups in total. The van der Waals surface area contributed by atoms with Gasteiger partial charge in [0.05, 0.1) is 6.10 Å². The summed E-state index contributed by atoms with van der Waals surface area (Å²) < 4.78 is 27.1. The fourth-order valence-corrected chi connectivity index (χ4v) is 3.59. The first kappa shape index (κ1) is 19.6. The highest BCUT2D eigenvalue weighted by atomic mass is 35.5. The summed E-state index contributed by atoms with van der Waals surface area (Å²) >= 11 is 0. The van der Waals surface area contributed by atoms with Crippen LogP contribution in [0.4, 0.5) is 4.39 Å². The van der Waals surface area contributed by atoms with E-state index in [1.54, 1.807) is 6.20 Å². The van der Waals surface area contributed by atoms with Crippen LogP contribution in [0.1, 0.15) is 29.7 Å². The van der Waals surface area contributed by atoms with Crippen LogP contribution in [0.5, 0.6) is 5.88 Å². The Labute approximate surface area is 164 Å². The molecule has 0 radical (unpaired) electrons. The predicted molar refractivity (Wildman–Crippen MR) is 106 cm³/mol. The van der Waals surface area contributed by atoms with Crippen LogP contribution in [0, 0.1) is 19.7 Å². The average molecular weight is 391 g/mol. The number of pyridine rings is 1. The number of benzene rings is 1. The molecule has 6 heteroatoms. The number of aryl methyl sites for hydroxylation is 1. The summed E-state index contributed by atoms with van der Waals surface area (Å²) in [4.78, 5) is 4.48. The van der Waals surface area contributed by atoms with Crippen LogP contribution in [0.3, 0.4) is 0 Å². The molecule has 1 aromatic carbocycles. The van der Waals surface area contributed by atoms with Gasteiger partial charge in [0.1, 0.15) is 17.9 Å². The average Bonchev–Trinajstić information content (AvgIpc) is 3.25. The quantitative estimate of drug-likeness (QED) is 0.626. The van der Waals surface area contributed by atoms with Gasteiger partial charge >= 0.3 is 0 Å². The van der Waals surface area contributed by atoms with E-state index in [2.05, 4.69) is 23.4 Å². The molecule has 0 amide bonds. The van der Waals surface area contributed by atoms with Crippen molar-refractivity contribution in [3.63, 3.8) is 0 Å². The zero-order valence-electron chi connectivity index (χ0n) is 15.6. The molecular formula is C21H24ClFN2O2.